The maximum Gasteiger partial charge on any atom is 0.328 e. The highest BCUT2D eigenvalue weighted by molar-refractivity contribution is 8.18. The Morgan fingerprint density at radius 2 is 1.96 bits per heavy atom. The predicted octanol–water partition coefficient (Wildman–Crippen LogP) is 3.33. The van der Waals surface area contributed by atoms with Gasteiger partial charge in [0, 0.05) is 13.1 Å². The third kappa shape index (κ3) is 3.71. The van der Waals surface area contributed by atoms with Crippen LogP contribution in [0.4, 0.5) is 14.9 Å². The highest BCUT2D eigenvalue weighted by Crippen LogP contribution is 2.35. The molecular weight excluding hydrogens is 371 g/mol. The van der Waals surface area contributed by atoms with E-state index >= 15 is 0 Å². The molecule has 2 aliphatic rings. The van der Waals surface area contributed by atoms with Crippen LogP contribution in [0.25, 0.3) is 6.08 Å². The van der Waals surface area contributed by atoms with E-state index < -0.39 is 23.2 Å². The molecule has 1 atom stereocenters. The lowest BCUT2D eigenvalue weighted by molar-refractivity contribution is -0.148. The number of anilines is 1. The summed E-state index contributed by atoms with van der Waals surface area (Å²) in [4.78, 5) is 39.4. The van der Waals surface area contributed by atoms with Gasteiger partial charge in [0.05, 0.1) is 17.7 Å². The van der Waals surface area contributed by atoms with Crippen molar-refractivity contribution in [1.82, 2.24) is 4.90 Å². The molecule has 144 valence electrons. The normalized spacial score (nSPS) is 19.9. The second-order valence-corrected chi connectivity index (χ2v) is 7.60. The van der Waals surface area contributed by atoms with Gasteiger partial charge in [-0.1, -0.05) is 0 Å². The van der Waals surface area contributed by atoms with Gasteiger partial charge in [-0.3, -0.25) is 14.5 Å². The molecule has 2 aliphatic heterocycles. The summed E-state index contributed by atoms with van der Waals surface area (Å²) in [5.41, 5.74) is 1.91. The molecule has 1 aromatic carbocycles. The van der Waals surface area contributed by atoms with Crippen molar-refractivity contribution < 1.29 is 23.5 Å². The summed E-state index contributed by atoms with van der Waals surface area (Å²) in [6.45, 7) is 4.94. The molecule has 1 aromatic rings. The summed E-state index contributed by atoms with van der Waals surface area (Å²) >= 11 is 0.735. The number of hydrogen-bond donors (Lipinski definition) is 0. The molecule has 0 unspecified atom stereocenters. The number of halogens is 1. The van der Waals surface area contributed by atoms with Crippen molar-refractivity contribution in [2.45, 2.75) is 32.7 Å². The topological polar surface area (TPSA) is 66.9 Å². The molecule has 2 saturated heterocycles. The minimum Gasteiger partial charge on any atom is -0.467 e. The van der Waals surface area contributed by atoms with Gasteiger partial charge in [0.25, 0.3) is 11.1 Å². The van der Waals surface area contributed by atoms with E-state index in [-0.39, 0.29) is 10.7 Å². The molecule has 0 N–H and O–H groups in total. The number of ether oxygens (including phenoxy) is 1. The van der Waals surface area contributed by atoms with Gasteiger partial charge in [-0.25, -0.2) is 9.18 Å². The Morgan fingerprint density at radius 1 is 1.30 bits per heavy atom. The summed E-state index contributed by atoms with van der Waals surface area (Å²) < 4.78 is 19.2. The Morgan fingerprint density at radius 3 is 2.59 bits per heavy atom. The highest BCUT2D eigenvalue weighted by atomic mass is 32.2. The lowest BCUT2D eigenvalue weighted by atomic mass is 10.1. The Kier molecular flexibility index (Phi) is 5.55. The van der Waals surface area contributed by atoms with Crippen LogP contribution in [0.5, 0.6) is 0 Å². The lowest BCUT2D eigenvalue weighted by Crippen LogP contribution is -2.42. The number of carbonyl (C=O) groups excluding carboxylic acids is 3. The number of imide groups is 1. The van der Waals surface area contributed by atoms with E-state index in [1.165, 1.54) is 26.2 Å². The fraction of sp³-hybridized carbons (Fsp3) is 0.421. The molecule has 0 aliphatic carbocycles. The molecule has 0 saturated carbocycles. The monoisotopic (exact) mass is 392 g/mol. The third-order valence-corrected chi connectivity index (χ3v) is 5.71. The minimum absolute atomic E-state index is 0.159. The zero-order valence-electron chi connectivity index (χ0n) is 15.5. The first-order valence-corrected chi connectivity index (χ1v) is 9.55. The molecule has 0 aromatic heterocycles. The molecule has 3 rings (SSSR count). The maximum atomic E-state index is 14.6. The lowest BCUT2D eigenvalue weighted by Gasteiger charge is -2.20. The van der Waals surface area contributed by atoms with Crippen LogP contribution < -0.4 is 4.90 Å². The van der Waals surface area contributed by atoms with Gasteiger partial charge in [-0.15, -0.1) is 0 Å². The van der Waals surface area contributed by atoms with Gasteiger partial charge in [-0.05, 0) is 67.8 Å². The summed E-state index contributed by atoms with van der Waals surface area (Å²) in [5, 5.41) is -0.545. The van der Waals surface area contributed by atoms with Crippen molar-refractivity contribution in [3.05, 3.63) is 34.0 Å². The van der Waals surface area contributed by atoms with Crippen molar-refractivity contribution in [2.75, 3.05) is 25.1 Å². The summed E-state index contributed by atoms with van der Waals surface area (Å²) in [6, 6.07) is 2.15. The van der Waals surface area contributed by atoms with Crippen LogP contribution in [0.3, 0.4) is 0 Å². The van der Waals surface area contributed by atoms with Crippen molar-refractivity contribution in [2.24, 2.45) is 0 Å². The largest absolute Gasteiger partial charge is 0.467 e. The van der Waals surface area contributed by atoms with Crippen molar-refractivity contribution in [3.63, 3.8) is 0 Å². The van der Waals surface area contributed by atoms with Gasteiger partial charge < -0.3 is 9.64 Å². The van der Waals surface area contributed by atoms with Gasteiger partial charge in [0.1, 0.15) is 11.9 Å². The summed E-state index contributed by atoms with van der Waals surface area (Å²) in [5.74, 6) is -1.60. The Bertz CT molecular complexity index is 833. The number of hydrogen-bond acceptors (Lipinski definition) is 6. The van der Waals surface area contributed by atoms with E-state index in [0.29, 0.717) is 11.3 Å². The molecule has 2 amide bonds. The standard InChI is InChI=1S/C19H21FN2O4S/c1-11-8-15(21-6-4-5-7-21)14(20)9-13(11)10-16-17(23)22(19(25)27-16)12(2)18(24)26-3/h8-10,12H,4-7H2,1-3H3/b16-10+/t12-/m0/s1. The number of carbonyl (C=O) groups is 3. The number of methoxy groups -OCH3 is 1. The third-order valence-electron chi connectivity index (χ3n) is 4.82. The predicted molar refractivity (Wildman–Crippen MR) is 102 cm³/mol. The van der Waals surface area contributed by atoms with Crippen molar-refractivity contribution in [1.29, 1.82) is 0 Å². The smallest absolute Gasteiger partial charge is 0.328 e. The number of aryl methyl sites for hydroxylation is 1. The van der Waals surface area contributed by atoms with Crippen molar-refractivity contribution in [3.8, 4) is 0 Å². The van der Waals surface area contributed by atoms with Crippen LogP contribution in [0.15, 0.2) is 17.0 Å². The van der Waals surface area contributed by atoms with Crippen LogP contribution >= 0.6 is 11.8 Å². The number of esters is 1. The molecular formula is C19H21FN2O4S. The molecule has 27 heavy (non-hydrogen) atoms. The fourth-order valence-corrected chi connectivity index (χ4v) is 4.17. The van der Waals surface area contributed by atoms with E-state index in [2.05, 4.69) is 4.74 Å². The molecule has 6 nitrogen and oxygen atoms in total. The minimum atomic E-state index is -1.01. The number of nitrogens with zero attached hydrogens (tertiary/aromatic N) is 2. The zero-order valence-corrected chi connectivity index (χ0v) is 16.3. The van der Waals surface area contributed by atoms with Crippen molar-refractivity contribution >= 4 is 40.6 Å². The number of amides is 2. The Hall–Kier alpha value is -2.35. The van der Waals surface area contributed by atoms with E-state index in [4.69, 9.17) is 0 Å². The summed E-state index contributed by atoms with van der Waals surface area (Å²) in [7, 11) is 1.20. The molecule has 0 radical (unpaired) electrons. The van der Waals surface area contributed by atoms with E-state index in [0.717, 1.165) is 48.2 Å². The number of thioether (sulfide) groups is 1. The van der Waals surface area contributed by atoms with E-state index in [1.54, 1.807) is 6.07 Å². The first-order valence-electron chi connectivity index (χ1n) is 8.73. The fourth-order valence-electron chi connectivity index (χ4n) is 3.27. The average molecular weight is 392 g/mol. The van der Waals surface area contributed by atoms with Crippen LogP contribution in [-0.4, -0.2) is 48.3 Å². The van der Waals surface area contributed by atoms with Crippen LogP contribution in [-0.2, 0) is 14.3 Å². The second-order valence-electron chi connectivity index (χ2n) is 6.61. The summed E-state index contributed by atoms with van der Waals surface area (Å²) in [6.07, 6.45) is 3.60. The molecule has 2 heterocycles. The van der Waals surface area contributed by atoms with Crippen LogP contribution in [0.1, 0.15) is 30.9 Å². The highest BCUT2D eigenvalue weighted by Gasteiger charge is 2.41. The Labute approximate surface area is 161 Å². The van der Waals surface area contributed by atoms with Crippen LogP contribution in [0.2, 0.25) is 0 Å². The second kappa shape index (κ2) is 7.72. The average Bonchev–Trinajstić information content (AvgIpc) is 3.25. The first kappa shape index (κ1) is 19.4. The maximum absolute atomic E-state index is 14.6. The first-order chi connectivity index (χ1) is 12.8. The van der Waals surface area contributed by atoms with E-state index in [9.17, 15) is 18.8 Å². The van der Waals surface area contributed by atoms with Gasteiger partial charge in [-0.2, -0.15) is 0 Å². The number of rotatable bonds is 4. The number of benzene rings is 1. The molecule has 0 spiro atoms. The van der Waals surface area contributed by atoms with Gasteiger partial charge in [0.15, 0.2) is 0 Å². The SMILES string of the molecule is COC(=O)[C@H](C)N1C(=O)S/C(=C/c2cc(F)c(N3CCCC3)cc2C)C1=O. The van der Waals surface area contributed by atoms with Gasteiger partial charge >= 0.3 is 5.97 Å². The van der Waals surface area contributed by atoms with Crippen LogP contribution in [0, 0.1) is 12.7 Å². The molecule has 2 fully saturated rings. The quantitative estimate of drug-likeness (QED) is 0.578. The Balaban J connectivity index is 1.88. The molecule has 8 heteroatoms. The van der Waals surface area contributed by atoms with E-state index in [1.807, 2.05) is 11.8 Å². The van der Waals surface area contributed by atoms with Gasteiger partial charge in [0.2, 0.25) is 0 Å². The zero-order chi connectivity index (χ0) is 19.7. The molecule has 0 bridgehead atoms.